The van der Waals surface area contributed by atoms with Crippen molar-refractivity contribution in [2.45, 2.75) is 31.2 Å². The smallest absolute Gasteiger partial charge is 0.161 e. The molecule has 0 radical (unpaired) electrons. The Morgan fingerprint density at radius 1 is 1.12 bits per heavy atom. The minimum absolute atomic E-state index is 0.120. The molecule has 1 unspecified atom stereocenters. The number of rotatable bonds is 6. The molecule has 0 aromatic heterocycles. The number of benzene rings is 2. The Balaban J connectivity index is 1.49. The molecule has 3 rings (SSSR count). The molecule has 2 N–H and O–H groups in total. The van der Waals surface area contributed by atoms with E-state index in [0.29, 0.717) is 18.4 Å². The van der Waals surface area contributed by atoms with Crippen molar-refractivity contribution in [1.82, 2.24) is 4.90 Å². The Bertz CT molecular complexity index is 769. The van der Waals surface area contributed by atoms with Gasteiger partial charge in [-0.3, -0.25) is 0 Å². The molecule has 0 bridgehead atoms. The van der Waals surface area contributed by atoms with E-state index in [1.54, 1.807) is 0 Å². The fourth-order valence-corrected chi connectivity index (χ4v) is 3.72. The van der Waals surface area contributed by atoms with Gasteiger partial charge >= 0.3 is 0 Å². The van der Waals surface area contributed by atoms with E-state index < -0.39 is 17.5 Å². The van der Waals surface area contributed by atoms with Gasteiger partial charge in [-0.25, -0.2) is 13.2 Å². The lowest BCUT2D eigenvalue weighted by molar-refractivity contribution is 0.316. The standard InChI is InChI=1S/C20H22ClF3N2/c21-16-3-1-2-13(8-16)14-4-6-26(12-14)7-5-17(25)9-15-10-19(23)20(24)11-18(15)22/h1-3,8,10-11,14,17H,4-7,9,12,25H2/t14?,17-/m0/s1. The highest BCUT2D eigenvalue weighted by molar-refractivity contribution is 6.30. The zero-order chi connectivity index (χ0) is 18.7. The van der Waals surface area contributed by atoms with Crippen molar-refractivity contribution >= 4 is 11.6 Å². The third-order valence-electron chi connectivity index (χ3n) is 4.98. The van der Waals surface area contributed by atoms with E-state index in [-0.39, 0.29) is 18.0 Å². The van der Waals surface area contributed by atoms with Gasteiger partial charge in [-0.2, -0.15) is 0 Å². The molecule has 1 saturated heterocycles. The topological polar surface area (TPSA) is 29.3 Å². The predicted octanol–water partition coefficient (Wildman–Crippen LogP) is 4.51. The fourth-order valence-electron chi connectivity index (χ4n) is 3.52. The average Bonchev–Trinajstić information content (AvgIpc) is 3.07. The highest BCUT2D eigenvalue weighted by atomic mass is 35.5. The van der Waals surface area contributed by atoms with Gasteiger partial charge < -0.3 is 10.6 Å². The lowest BCUT2D eigenvalue weighted by Gasteiger charge is -2.19. The number of hydrogen-bond donors (Lipinski definition) is 1. The first-order valence-electron chi connectivity index (χ1n) is 8.79. The largest absolute Gasteiger partial charge is 0.327 e. The molecule has 1 heterocycles. The molecule has 1 aliphatic rings. The maximum Gasteiger partial charge on any atom is 0.161 e. The van der Waals surface area contributed by atoms with Gasteiger partial charge in [0.1, 0.15) is 5.82 Å². The monoisotopic (exact) mass is 382 g/mol. The molecule has 140 valence electrons. The van der Waals surface area contributed by atoms with Crippen LogP contribution < -0.4 is 5.73 Å². The predicted molar refractivity (Wildman–Crippen MR) is 97.9 cm³/mol. The van der Waals surface area contributed by atoms with Crippen molar-refractivity contribution in [3.8, 4) is 0 Å². The fraction of sp³-hybridized carbons (Fsp3) is 0.400. The molecular weight excluding hydrogens is 361 g/mol. The van der Waals surface area contributed by atoms with Crippen molar-refractivity contribution in [2.75, 3.05) is 19.6 Å². The molecule has 6 heteroatoms. The van der Waals surface area contributed by atoms with Gasteiger partial charge in [-0.1, -0.05) is 23.7 Å². The van der Waals surface area contributed by atoms with Crippen molar-refractivity contribution in [1.29, 1.82) is 0 Å². The van der Waals surface area contributed by atoms with Gasteiger partial charge in [0.05, 0.1) is 0 Å². The van der Waals surface area contributed by atoms with E-state index in [9.17, 15) is 13.2 Å². The van der Waals surface area contributed by atoms with Crippen LogP contribution in [0.5, 0.6) is 0 Å². The Hall–Kier alpha value is -1.56. The van der Waals surface area contributed by atoms with Crippen molar-refractivity contribution in [3.05, 3.63) is 70.0 Å². The highest BCUT2D eigenvalue weighted by Gasteiger charge is 2.24. The van der Waals surface area contributed by atoms with Gasteiger partial charge in [0.15, 0.2) is 11.6 Å². The molecule has 0 saturated carbocycles. The quantitative estimate of drug-likeness (QED) is 0.745. The number of halogens is 4. The van der Waals surface area contributed by atoms with Crippen molar-refractivity contribution < 1.29 is 13.2 Å². The second kappa shape index (κ2) is 8.42. The van der Waals surface area contributed by atoms with Crippen LogP contribution in [0.2, 0.25) is 5.02 Å². The zero-order valence-corrected chi connectivity index (χ0v) is 15.2. The van der Waals surface area contributed by atoms with E-state index in [1.807, 2.05) is 18.2 Å². The summed E-state index contributed by atoms with van der Waals surface area (Å²) in [5, 5.41) is 0.747. The Labute approximate surface area is 156 Å². The van der Waals surface area contributed by atoms with Crippen LogP contribution in [0, 0.1) is 17.5 Å². The Morgan fingerprint density at radius 2 is 1.88 bits per heavy atom. The van der Waals surface area contributed by atoms with Crippen molar-refractivity contribution in [3.63, 3.8) is 0 Å². The first-order valence-corrected chi connectivity index (χ1v) is 9.17. The normalized spacial score (nSPS) is 19.0. The summed E-state index contributed by atoms with van der Waals surface area (Å²) in [5.74, 6) is -2.52. The molecule has 26 heavy (non-hydrogen) atoms. The van der Waals surface area contributed by atoms with Crippen LogP contribution in [0.3, 0.4) is 0 Å². The summed E-state index contributed by atoms with van der Waals surface area (Å²) >= 11 is 6.06. The van der Waals surface area contributed by atoms with Gasteiger partial charge in [-0.15, -0.1) is 0 Å². The van der Waals surface area contributed by atoms with Gasteiger partial charge in [0.2, 0.25) is 0 Å². The molecule has 2 aromatic rings. The second-order valence-electron chi connectivity index (χ2n) is 6.95. The summed E-state index contributed by atoms with van der Waals surface area (Å²) < 4.78 is 40.0. The summed E-state index contributed by atoms with van der Waals surface area (Å²) in [6.07, 6.45) is 1.92. The van der Waals surface area contributed by atoms with E-state index in [0.717, 1.165) is 37.1 Å². The highest BCUT2D eigenvalue weighted by Crippen LogP contribution is 2.29. The van der Waals surface area contributed by atoms with Crippen LogP contribution in [-0.2, 0) is 6.42 Å². The Kier molecular flexibility index (Phi) is 6.22. The average molecular weight is 383 g/mol. The maximum atomic E-state index is 13.7. The molecule has 2 atom stereocenters. The lowest BCUT2D eigenvalue weighted by Crippen LogP contribution is -2.31. The molecule has 0 aliphatic carbocycles. The van der Waals surface area contributed by atoms with Crippen molar-refractivity contribution in [2.24, 2.45) is 5.73 Å². The van der Waals surface area contributed by atoms with Crippen LogP contribution in [0.15, 0.2) is 36.4 Å². The summed E-state index contributed by atoms with van der Waals surface area (Å²) in [6, 6.07) is 9.11. The molecule has 1 fully saturated rings. The zero-order valence-electron chi connectivity index (χ0n) is 14.4. The third-order valence-corrected chi connectivity index (χ3v) is 5.22. The molecule has 0 amide bonds. The van der Waals surface area contributed by atoms with E-state index in [2.05, 4.69) is 11.0 Å². The van der Waals surface area contributed by atoms with E-state index >= 15 is 0 Å². The number of hydrogen-bond acceptors (Lipinski definition) is 2. The minimum Gasteiger partial charge on any atom is -0.327 e. The molecule has 1 aliphatic heterocycles. The molecule has 0 spiro atoms. The van der Waals surface area contributed by atoms with E-state index in [1.165, 1.54) is 5.56 Å². The summed E-state index contributed by atoms with van der Waals surface area (Å²) in [5.41, 5.74) is 7.44. The number of nitrogens with two attached hydrogens (primary N) is 1. The van der Waals surface area contributed by atoms with Crippen LogP contribution in [-0.4, -0.2) is 30.6 Å². The van der Waals surface area contributed by atoms with Crippen LogP contribution in [0.4, 0.5) is 13.2 Å². The van der Waals surface area contributed by atoms with Gasteiger partial charge in [0, 0.05) is 23.7 Å². The first kappa shape index (κ1) is 19.2. The van der Waals surface area contributed by atoms with Gasteiger partial charge in [0.25, 0.3) is 0 Å². The SMILES string of the molecule is N[C@@H](CCN1CCC(c2cccc(Cl)c2)C1)Cc1cc(F)c(F)cc1F. The summed E-state index contributed by atoms with van der Waals surface area (Å²) in [4.78, 5) is 2.33. The number of likely N-dealkylation sites (tertiary alicyclic amines) is 1. The molecular formula is C20H22ClF3N2. The third kappa shape index (κ3) is 4.78. The van der Waals surface area contributed by atoms with Crippen LogP contribution in [0.25, 0.3) is 0 Å². The van der Waals surface area contributed by atoms with Gasteiger partial charge in [-0.05, 0) is 67.6 Å². The molecule has 2 nitrogen and oxygen atoms in total. The molecule has 2 aromatic carbocycles. The first-order chi connectivity index (χ1) is 12.4. The minimum atomic E-state index is -1.18. The summed E-state index contributed by atoms with van der Waals surface area (Å²) in [7, 11) is 0. The summed E-state index contributed by atoms with van der Waals surface area (Å²) in [6.45, 7) is 2.71. The van der Waals surface area contributed by atoms with Crippen LogP contribution >= 0.6 is 11.6 Å². The second-order valence-corrected chi connectivity index (χ2v) is 7.39. The Morgan fingerprint density at radius 3 is 2.65 bits per heavy atom. The lowest BCUT2D eigenvalue weighted by atomic mass is 9.99. The van der Waals surface area contributed by atoms with E-state index in [4.69, 9.17) is 17.3 Å². The maximum absolute atomic E-state index is 13.7. The number of nitrogens with zero attached hydrogens (tertiary/aromatic N) is 1. The van der Waals surface area contributed by atoms with Crippen LogP contribution in [0.1, 0.15) is 29.9 Å².